The number of aryl methyl sites for hydroxylation is 1. The number of esters is 1. The van der Waals surface area contributed by atoms with Crippen molar-refractivity contribution in [2.24, 2.45) is 7.05 Å². The van der Waals surface area contributed by atoms with Gasteiger partial charge in [-0.25, -0.2) is 13.2 Å². The van der Waals surface area contributed by atoms with Gasteiger partial charge in [0.05, 0.1) is 17.6 Å². The quantitative estimate of drug-likeness (QED) is 0.441. The molecule has 134 valence electrons. The lowest BCUT2D eigenvalue weighted by molar-refractivity contribution is -0.385. The van der Waals surface area contributed by atoms with Gasteiger partial charge in [-0.3, -0.25) is 14.8 Å². The van der Waals surface area contributed by atoms with Gasteiger partial charge in [-0.2, -0.15) is 0 Å². The van der Waals surface area contributed by atoms with Crippen molar-refractivity contribution in [1.82, 2.24) is 9.78 Å². The molecule has 0 radical (unpaired) electrons. The fourth-order valence-electron chi connectivity index (χ4n) is 2.33. The highest BCUT2D eigenvalue weighted by Gasteiger charge is 2.24. The minimum Gasteiger partial charge on any atom is -0.465 e. The fraction of sp³-hybridized carbons (Fsp3) is 0.286. The molecule has 1 aromatic heterocycles. The lowest BCUT2D eigenvalue weighted by Crippen LogP contribution is -2.06. The van der Waals surface area contributed by atoms with Crippen LogP contribution in [0.15, 0.2) is 23.2 Å². The molecule has 0 amide bonds. The van der Waals surface area contributed by atoms with Crippen LogP contribution in [-0.4, -0.2) is 42.5 Å². The predicted octanol–water partition coefficient (Wildman–Crippen LogP) is 1.62. The van der Waals surface area contributed by atoms with Gasteiger partial charge in [-0.1, -0.05) is 0 Å². The molecule has 0 aliphatic rings. The zero-order valence-corrected chi connectivity index (χ0v) is 14.7. The van der Waals surface area contributed by atoms with E-state index in [0.717, 1.165) is 30.2 Å². The van der Waals surface area contributed by atoms with Crippen LogP contribution in [0.25, 0.3) is 0 Å². The Hall–Kier alpha value is -2.95. The van der Waals surface area contributed by atoms with Crippen molar-refractivity contribution in [2.45, 2.75) is 11.9 Å². The Morgan fingerprint density at radius 3 is 2.48 bits per heavy atom. The molecule has 10 nitrogen and oxygen atoms in total. The van der Waals surface area contributed by atoms with E-state index in [1.165, 1.54) is 20.0 Å². The average Bonchev–Trinajstić information content (AvgIpc) is 2.79. The van der Waals surface area contributed by atoms with Crippen LogP contribution in [0.3, 0.4) is 0 Å². The van der Waals surface area contributed by atoms with Crippen LogP contribution in [-0.2, 0) is 21.6 Å². The molecular weight excluding hydrogens is 354 g/mol. The summed E-state index contributed by atoms with van der Waals surface area (Å²) < 4.78 is 34.8. The third-order valence-electron chi connectivity index (χ3n) is 3.31. The standard InChI is InChI=1S/C14H15N3O7S/c1-8-12(15-16(2)13(8)25(4,21)22)24-9-5-6-11(17(19)20)10(7-9)14(18)23-3/h5-7H,1-4H3. The first-order valence-electron chi connectivity index (χ1n) is 6.84. The Bertz CT molecular complexity index is 963. The summed E-state index contributed by atoms with van der Waals surface area (Å²) in [5, 5.41) is 15.0. The number of methoxy groups -OCH3 is 1. The monoisotopic (exact) mass is 369 g/mol. The van der Waals surface area contributed by atoms with E-state index in [4.69, 9.17) is 4.74 Å². The molecular formula is C14H15N3O7S. The Balaban J connectivity index is 2.49. The molecule has 11 heteroatoms. The van der Waals surface area contributed by atoms with Gasteiger partial charge in [0.15, 0.2) is 14.9 Å². The highest BCUT2D eigenvalue weighted by molar-refractivity contribution is 7.90. The number of nitro groups is 1. The van der Waals surface area contributed by atoms with Crippen molar-refractivity contribution >= 4 is 21.5 Å². The fourth-order valence-corrected chi connectivity index (χ4v) is 3.49. The smallest absolute Gasteiger partial charge is 0.345 e. The van der Waals surface area contributed by atoms with E-state index in [9.17, 15) is 23.3 Å². The lowest BCUT2D eigenvalue weighted by atomic mass is 10.1. The van der Waals surface area contributed by atoms with E-state index < -0.39 is 26.4 Å². The molecule has 0 aliphatic heterocycles. The summed E-state index contributed by atoms with van der Waals surface area (Å²) in [7, 11) is -0.974. The van der Waals surface area contributed by atoms with E-state index in [1.807, 2.05) is 0 Å². The van der Waals surface area contributed by atoms with Gasteiger partial charge in [0, 0.05) is 25.4 Å². The molecule has 0 atom stereocenters. The number of aromatic nitrogens is 2. The number of nitrogens with zero attached hydrogens (tertiary/aromatic N) is 3. The lowest BCUT2D eigenvalue weighted by Gasteiger charge is -2.06. The molecule has 0 aliphatic carbocycles. The zero-order chi connectivity index (χ0) is 18.9. The van der Waals surface area contributed by atoms with Gasteiger partial charge in [0.1, 0.15) is 11.3 Å². The summed E-state index contributed by atoms with van der Waals surface area (Å²) in [5.41, 5.74) is -0.446. The number of hydrogen-bond donors (Lipinski definition) is 0. The Morgan fingerprint density at radius 1 is 1.36 bits per heavy atom. The molecule has 0 saturated heterocycles. The van der Waals surface area contributed by atoms with Crippen LogP contribution >= 0.6 is 0 Å². The second-order valence-corrected chi connectivity index (χ2v) is 7.09. The van der Waals surface area contributed by atoms with Crippen molar-refractivity contribution in [1.29, 1.82) is 0 Å². The molecule has 0 fully saturated rings. The normalized spacial score (nSPS) is 11.2. The van der Waals surface area contributed by atoms with Crippen molar-refractivity contribution in [3.8, 4) is 11.6 Å². The second kappa shape index (κ2) is 6.51. The van der Waals surface area contributed by atoms with Gasteiger partial charge in [0.25, 0.3) is 5.69 Å². The molecule has 25 heavy (non-hydrogen) atoms. The molecule has 0 N–H and O–H groups in total. The number of sulfone groups is 1. The van der Waals surface area contributed by atoms with Crippen molar-refractivity contribution in [3.05, 3.63) is 39.4 Å². The summed E-state index contributed by atoms with van der Waals surface area (Å²) in [5.74, 6) is -0.813. The third kappa shape index (κ3) is 3.60. The maximum atomic E-state index is 11.8. The van der Waals surface area contributed by atoms with E-state index in [2.05, 4.69) is 9.84 Å². The summed E-state index contributed by atoms with van der Waals surface area (Å²) in [6.45, 7) is 1.52. The number of nitro benzene ring substituents is 1. The SMILES string of the molecule is COC(=O)c1cc(Oc2nn(C)c(S(C)(=O)=O)c2C)ccc1[N+](=O)[O-]. The molecule has 0 spiro atoms. The summed E-state index contributed by atoms with van der Waals surface area (Å²) in [4.78, 5) is 22.0. The topological polar surface area (TPSA) is 131 Å². The first-order valence-corrected chi connectivity index (χ1v) is 8.73. The number of carbonyl (C=O) groups is 1. The Labute approximate surface area is 143 Å². The first kappa shape index (κ1) is 18.4. The Morgan fingerprint density at radius 2 is 2.00 bits per heavy atom. The van der Waals surface area contributed by atoms with Gasteiger partial charge in [0.2, 0.25) is 5.88 Å². The van der Waals surface area contributed by atoms with Gasteiger partial charge >= 0.3 is 5.97 Å². The summed E-state index contributed by atoms with van der Waals surface area (Å²) in [6.07, 6.45) is 1.04. The molecule has 0 unspecified atom stereocenters. The summed E-state index contributed by atoms with van der Waals surface area (Å²) >= 11 is 0. The van der Waals surface area contributed by atoms with Crippen molar-refractivity contribution in [3.63, 3.8) is 0 Å². The molecule has 1 heterocycles. The number of hydrogen-bond acceptors (Lipinski definition) is 8. The van der Waals surface area contributed by atoms with Crippen molar-refractivity contribution < 1.29 is 27.6 Å². The number of rotatable bonds is 5. The van der Waals surface area contributed by atoms with Gasteiger partial charge in [-0.15, -0.1) is 5.10 Å². The van der Waals surface area contributed by atoms with Gasteiger partial charge < -0.3 is 9.47 Å². The average molecular weight is 369 g/mol. The highest BCUT2D eigenvalue weighted by Crippen LogP contribution is 2.31. The van der Waals surface area contributed by atoms with E-state index in [-0.39, 0.29) is 27.8 Å². The maximum Gasteiger partial charge on any atom is 0.345 e. The molecule has 2 rings (SSSR count). The number of carbonyl (C=O) groups excluding carboxylic acids is 1. The van der Waals surface area contributed by atoms with Crippen LogP contribution in [0.1, 0.15) is 15.9 Å². The minimum absolute atomic E-state index is 0.00703. The predicted molar refractivity (Wildman–Crippen MR) is 85.6 cm³/mol. The van der Waals surface area contributed by atoms with Crippen LogP contribution < -0.4 is 4.74 Å². The molecule has 0 bridgehead atoms. The molecule has 0 saturated carbocycles. The van der Waals surface area contributed by atoms with Crippen LogP contribution in [0, 0.1) is 17.0 Å². The van der Waals surface area contributed by atoms with Crippen molar-refractivity contribution in [2.75, 3.05) is 13.4 Å². The number of benzene rings is 1. The molecule has 1 aromatic carbocycles. The van der Waals surface area contributed by atoms with E-state index in [1.54, 1.807) is 0 Å². The second-order valence-electron chi connectivity index (χ2n) is 5.16. The van der Waals surface area contributed by atoms with E-state index >= 15 is 0 Å². The maximum absolute atomic E-state index is 11.8. The third-order valence-corrected chi connectivity index (χ3v) is 4.58. The number of ether oxygens (including phenoxy) is 2. The van der Waals surface area contributed by atoms with Crippen LogP contribution in [0.4, 0.5) is 5.69 Å². The van der Waals surface area contributed by atoms with Gasteiger partial charge in [-0.05, 0) is 13.0 Å². The highest BCUT2D eigenvalue weighted by atomic mass is 32.2. The van der Waals surface area contributed by atoms with Crippen LogP contribution in [0.2, 0.25) is 0 Å². The minimum atomic E-state index is -3.52. The Kier molecular flexibility index (Phi) is 4.79. The zero-order valence-electron chi connectivity index (χ0n) is 13.8. The van der Waals surface area contributed by atoms with E-state index in [0.29, 0.717) is 0 Å². The molecule has 2 aromatic rings. The largest absolute Gasteiger partial charge is 0.465 e. The first-order chi connectivity index (χ1) is 11.6. The van der Waals surface area contributed by atoms with Crippen LogP contribution in [0.5, 0.6) is 11.6 Å². The summed E-state index contributed by atoms with van der Waals surface area (Å²) in [6, 6.07) is 3.51.